The number of rotatable bonds is 4. The van der Waals surface area contributed by atoms with Gasteiger partial charge in [-0.2, -0.15) is 13.2 Å². The highest BCUT2D eigenvalue weighted by Gasteiger charge is 2.32. The standard InChI is InChI=1S/C14H15F3N4S/c1-7-5-19-12(4-10(7)14(15,16)17)21-9(3)11-6-20-13(22-11)8(2)18/h4-6,8H,3,18H2,1-2H3,(H,19,21). The molecule has 2 heterocycles. The summed E-state index contributed by atoms with van der Waals surface area (Å²) in [5.41, 5.74) is 5.50. The fourth-order valence-corrected chi connectivity index (χ4v) is 2.55. The Labute approximate surface area is 129 Å². The summed E-state index contributed by atoms with van der Waals surface area (Å²) in [6.07, 6.45) is -1.66. The molecule has 2 aromatic heterocycles. The number of aryl methyl sites for hydroxylation is 1. The highest BCUT2D eigenvalue weighted by molar-refractivity contribution is 7.12. The molecule has 0 aliphatic heterocycles. The van der Waals surface area contributed by atoms with Crippen LogP contribution >= 0.6 is 11.3 Å². The van der Waals surface area contributed by atoms with Crippen LogP contribution in [0.2, 0.25) is 0 Å². The van der Waals surface area contributed by atoms with Gasteiger partial charge >= 0.3 is 6.18 Å². The molecule has 3 N–H and O–H groups in total. The number of anilines is 1. The summed E-state index contributed by atoms with van der Waals surface area (Å²) in [6, 6.07) is 0.759. The molecule has 0 saturated heterocycles. The van der Waals surface area contributed by atoms with Gasteiger partial charge in [-0.25, -0.2) is 9.97 Å². The van der Waals surface area contributed by atoms with Crippen LogP contribution < -0.4 is 11.1 Å². The molecular weight excluding hydrogens is 313 g/mol. The molecular formula is C14H15F3N4S. The van der Waals surface area contributed by atoms with E-state index in [2.05, 4.69) is 21.9 Å². The van der Waals surface area contributed by atoms with E-state index in [0.29, 0.717) is 10.6 Å². The molecule has 118 valence electrons. The van der Waals surface area contributed by atoms with Gasteiger partial charge in [0, 0.05) is 12.4 Å². The van der Waals surface area contributed by atoms with E-state index in [-0.39, 0.29) is 17.4 Å². The first-order chi connectivity index (χ1) is 10.2. The maximum Gasteiger partial charge on any atom is 0.416 e. The van der Waals surface area contributed by atoms with Crippen molar-refractivity contribution in [3.8, 4) is 0 Å². The second kappa shape index (κ2) is 6.05. The first kappa shape index (κ1) is 16.4. The maximum absolute atomic E-state index is 12.9. The van der Waals surface area contributed by atoms with Crippen LogP contribution in [0.15, 0.2) is 25.0 Å². The summed E-state index contributed by atoms with van der Waals surface area (Å²) < 4.78 is 38.6. The largest absolute Gasteiger partial charge is 0.416 e. The lowest BCUT2D eigenvalue weighted by molar-refractivity contribution is -0.138. The van der Waals surface area contributed by atoms with Crippen molar-refractivity contribution >= 4 is 22.9 Å². The van der Waals surface area contributed by atoms with Gasteiger partial charge in [0.2, 0.25) is 0 Å². The van der Waals surface area contributed by atoms with Gasteiger partial charge in [-0.15, -0.1) is 11.3 Å². The Morgan fingerprint density at radius 1 is 1.36 bits per heavy atom. The SMILES string of the molecule is C=C(Nc1cc(C(F)(F)F)c(C)cn1)c1cnc(C(C)N)s1. The number of nitrogens with two attached hydrogens (primary N) is 1. The summed E-state index contributed by atoms with van der Waals surface area (Å²) in [7, 11) is 0. The van der Waals surface area contributed by atoms with E-state index in [9.17, 15) is 13.2 Å². The third-order valence-corrected chi connectivity index (χ3v) is 4.16. The topological polar surface area (TPSA) is 63.8 Å². The Morgan fingerprint density at radius 3 is 2.59 bits per heavy atom. The zero-order valence-corrected chi connectivity index (χ0v) is 12.8. The molecule has 1 atom stereocenters. The lowest BCUT2D eigenvalue weighted by Crippen LogP contribution is -2.09. The minimum absolute atomic E-state index is 0.0701. The van der Waals surface area contributed by atoms with Gasteiger partial charge in [-0.1, -0.05) is 6.58 Å². The number of aromatic nitrogens is 2. The van der Waals surface area contributed by atoms with E-state index in [4.69, 9.17) is 5.73 Å². The van der Waals surface area contributed by atoms with Crippen LogP contribution in [0.1, 0.15) is 34.0 Å². The summed E-state index contributed by atoms with van der Waals surface area (Å²) in [4.78, 5) is 8.79. The lowest BCUT2D eigenvalue weighted by Gasteiger charge is -2.13. The molecule has 8 heteroatoms. The number of alkyl halides is 3. The van der Waals surface area contributed by atoms with Crippen molar-refractivity contribution in [1.82, 2.24) is 9.97 Å². The van der Waals surface area contributed by atoms with Crippen molar-refractivity contribution in [3.05, 3.63) is 46.1 Å². The minimum Gasteiger partial charge on any atom is -0.340 e. The molecule has 0 amide bonds. The molecule has 0 fully saturated rings. The molecule has 0 radical (unpaired) electrons. The van der Waals surface area contributed by atoms with Crippen LogP contribution in [0.5, 0.6) is 0 Å². The van der Waals surface area contributed by atoms with Gasteiger partial charge in [-0.3, -0.25) is 0 Å². The monoisotopic (exact) mass is 328 g/mol. The number of pyridine rings is 1. The molecule has 0 aliphatic rings. The third-order valence-electron chi connectivity index (χ3n) is 2.90. The normalized spacial score (nSPS) is 13.0. The van der Waals surface area contributed by atoms with Crippen molar-refractivity contribution in [3.63, 3.8) is 0 Å². The molecule has 0 aromatic carbocycles. The summed E-state index contributed by atoms with van der Waals surface area (Å²) >= 11 is 1.33. The zero-order valence-electron chi connectivity index (χ0n) is 12.0. The molecule has 1 unspecified atom stereocenters. The van der Waals surface area contributed by atoms with Gasteiger partial charge in [0.25, 0.3) is 0 Å². The Hall–Kier alpha value is -1.93. The van der Waals surface area contributed by atoms with Crippen molar-refractivity contribution in [1.29, 1.82) is 0 Å². The number of hydrogen-bond donors (Lipinski definition) is 2. The van der Waals surface area contributed by atoms with Gasteiger partial charge in [0.15, 0.2) is 0 Å². The Balaban J connectivity index is 2.21. The molecule has 4 nitrogen and oxygen atoms in total. The van der Waals surface area contributed by atoms with Gasteiger partial charge < -0.3 is 11.1 Å². The number of hydrogen-bond acceptors (Lipinski definition) is 5. The predicted octanol–water partition coefficient (Wildman–Crippen LogP) is 3.97. The van der Waals surface area contributed by atoms with Crippen molar-refractivity contribution in [2.75, 3.05) is 5.32 Å². The Morgan fingerprint density at radius 2 is 2.05 bits per heavy atom. The van der Waals surface area contributed by atoms with Crippen molar-refractivity contribution < 1.29 is 13.2 Å². The average Bonchev–Trinajstić information content (AvgIpc) is 2.89. The van der Waals surface area contributed by atoms with E-state index >= 15 is 0 Å². The van der Waals surface area contributed by atoms with E-state index in [1.807, 2.05) is 0 Å². The van der Waals surface area contributed by atoms with E-state index in [0.717, 1.165) is 11.1 Å². The van der Waals surface area contributed by atoms with Crippen LogP contribution in [-0.4, -0.2) is 9.97 Å². The fourth-order valence-electron chi connectivity index (χ4n) is 1.75. The van der Waals surface area contributed by atoms with Crippen LogP contribution in [0.4, 0.5) is 19.0 Å². The van der Waals surface area contributed by atoms with Crippen LogP contribution in [-0.2, 0) is 6.18 Å². The highest BCUT2D eigenvalue weighted by atomic mass is 32.1. The molecule has 2 aromatic rings. The molecule has 0 bridgehead atoms. The number of nitrogens with zero attached hydrogens (tertiary/aromatic N) is 2. The van der Waals surface area contributed by atoms with E-state index < -0.39 is 11.7 Å². The van der Waals surface area contributed by atoms with Gasteiger partial charge in [0.1, 0.15) is 10.8 Å². The Bertz CT molecular complexity index is 692. The predicted molar refractivity (Wildman–Crippen MR) is 81.3 cm³/mol. The summed E-state index contributed by atoms with van der Waals surface area (Å²) in [5, 5.41) is 3.50. The maximum atomic E-state index is 12.9. The molecule has 0 aliphatic carbocycles. The lowest BCUT2D eigenvalue weighted by atomic mass is 10.1. The fraction of sp³-hybridized carbons (Fsp3) is 0.286. The van der Waals surface area contributed by atoms with E-state index in [1.54, 1.807) is 13.1 Å². The van der Waals surface area contributed by atoms with E-state index in [1.165, 1.54) is 24.5 Å². The van der Waals surface area contributed by atoms with Crippen molar-refractivity contribution in [2.45, 2.75) is 26.1 Å². The molecule has 2 rings (SSSR count). The molecule has 0 saturated carbocycles. The minimum atomic E-state index is -4.42. The molecule has 22 heavy (non-hydrogen) atoms. The third kappa shape index (κ3) is 3.63. The zero-order chi connectivity index (χ0) is 16.5. The average molecular weight is 328 g/mol. The van der Waals surface area contributed by atoms with Crippen LogP contribution in [0.3, 0.4) is 0 Å². The first-order valence-electron chi connectivity index (χ1n) is 6.40. The number of nitrogens with one attached hydrogen (secondary N) is 1. The first-order valence-corrected chi connectivity index (χ1v) is 7.21. The number of halogens is 3. The summed E-state index contributed by atoms with van der Waals surface area (Å²) in [5.74, 6) is 0.0821. The number of thiazole rings is 1. The second-order valence-electron chi connectivity index (χ2n) is 4.84. The van der Waals surface area contributed by atoms with Gasteiger partial charge in [0.05, 0.1) is 22.2 Å². The summed E-state index contributed by atoms with van der Waals surface area (Å²) in [6.45, 7) is 6.97. The smallest absolute Gasteiger partial charge is 0.340 e. The highest BCUT2D eigenvalue weighted by Crippen LogP contribution is 2.33. The Kier molecular flexibility index (Phi) is 4.52. The van der Waals surface area contributed by atoms with Gasteiger partial charge in [-0.05, 0) is 25.5 Å². The van der Waals surface area contributed by atoms with Crippen molar-refractivity contribution in [2.24, 2.45) is 5.73 Å². The second-order valence-corrected chi connectivity index (χ2v) is 5.90. The van der Waals surface area contributed by atoms with Crippen LogP contribution in [0, 0.1) is 6.92 Å². The quantitative estimate of drug-likeness (QED) is 0.891. The van der Waals surface area contributed by atoms with Crippen LogP contribution in [0.25, 0.3) is 5.70 Å². The molecule has 0 spiro atoms.